The van der Waals surface area contributed by atoms with Crippen LogP contribution in [0.1, 0.15) is 26.2 Å². The first-order valence-electron chi connectivity index (χ1n) is 7.19. The minimum absolute atomic E-state index is 0.117. The van der Waals surface area contributed by atoms with Crippen molar-refractivity contribution in [1.82, 2.24) is 5.32 Å². The minimum Gasteiger partial charge on any atom is -0.490 e. The van der Waals surface area contributed by atoms with E-state index in [-0.39, 0.29) is 6.10 Å². The number of anilines is 1. The maximum absolute atomic E-state index is 9.37. The average Bonchev–Trinajstić information content (AvgIpc) is 2.83. The lowest BCUT2D eigenvalue weighted by Gasteiger charge is -2.22. The van der Waals surface area contributed by atoms with E-state index in [0.717, 1.165) is 37.2 Å². The van der Waals surface area contributed by atoms with Crippen LogP contribution in [0.5, 0.6) is 5.75 Å². The van der Waals surface area contributed by atoms with Gasteiger partial charge in [0.2, 0.25) is 0 Å². The molecule has 0 aromatic heterocycles. The molecule has 4 heteroatoms. The molecule has 0 amide bonds. The molecule has 20 heavy (non-hydrogen) atoms. The summed E-state index contributed by atoms with van der Waals surface area (Å²) in [6.45, 7) is 2.85. The van der Waals surface area contributed by atoms with Gasteiger partial charge in [0.25, 0.3) is 0 Å². The van der Waals surface area contributed by atoms with Crippen LogP contribution >= 0.6 is 0 Å². The summed E-state index contributed by atoms with van der Waals surface area (Å²) >= 11 is 0. The molecule has 1 saturated carbocycles. The number of nitrogens with zero attached hydrogens (tertiary/aromatic N) is 2. The van der Waals surface area contributed by atoms with Gasteiger partial charge in [-0.2, -0.15) is 5.26 Å². The van der Waals surface area contributed by atoms with Gasteiger partial charge in [0.05, 0.1) is 6.07 Å². The van der Waals surface area contributed by atoms with E-state index in [1.165, 1.54) is 0 Å². The Kier molecular flexibility index (Phi) is 4.51. The fraction of sp³-hybridized carbons (Fsp3) is 0.562. The second-order valence-corrected chi connectivity index (χ2v) is 5.60. The monoisotopic (exact) mass is 273 g/mol. The summed E-state index contributed by atoms with van der Waals surface area (Å²) in [6.07, 6.45) is 2.65. The molecule has 1 aromatic rings. The minimum atomic E-state index is -0.404. The van der Waals surface area contributed by atoms with Crippen molar-refractivity contribution < 1.29 is 4.74 Å². The molecule has 108 valence electrons. The van der Waals surface area contributed by atoms with E-state index < -0.39 is 5.54 Å². The van der Waals surface area contributed by atoms with E-state index in [1.54, 1.807) is 0 Å². The third-order valence-corrected chi connectivity index (χ3v) is 3.84. The van der Waals surface area contributed by atoms with Crippen LogP contribution < -0.4 is 15.0 Å². The van der Waals surface area contributed by atoms with E-state index in [4.69, 9.17) is 4.74 Å². The summed E-state index contributed by atoms with van der Waals surface area (Å²) in [5.74, 6) is 0.881. The van der Waals surface area contributed by atoms with Crippen LogP contribution in [-0.4, -0.2) is 32.3 Å². The predicted molar refractivity (Wildman–Crippen MR) is 81.1 cm³/mol. The molecule has 1 N–H and O–H groups in total. The summed E-state index contributed by atoms with van der Waals surface area (Å²) < 4.78 is 6.05. The molecule has 1 aromatic carbocycles. The van der Waals surface area contributed by atoms with Crippen molar-refractivity contribution in [3.8, 4) is 11.8 Å². The first-order chi connectivity index (χ1) is 9.58. The lowest BCUT2D eigenvalue weighted by molar-refractivity contribution is 0.201. The lowest BCUT2D eigenvalue weighted by Crippen LogP contribution is -2.42. The van der Waals surface area contributed by atoms with Crippen molar-refractivity contribution in [2.45, 2.75) is 37.8 Å². The molecule has 0 saturated heterocycles. The van der Waals surface area contributed by atoms with Gasteiger partial charge in [-0.15, -0.1) is 0 Å². The van der Waals surface area contributed by atoms with Gasteiger partial charge in [-0.3, -0.25) is 5.32 Å². The van der Waals surface area contributed by atoms with Gasteiger partial charge in [-0.05, 0) is 31.5 Å². The third-order valence-electron chi connectivity index (χ3n) is 3.84. The van der Waals surface area contributed by atoms with E-state index >= 15 is 0 Å². The van der Waals surface area contributed by atoms with Crippen LogP contribution in [0.3, 0.4) is 0 Å². The highest BCUT2D eigenvalue weighted by molar-refractivity contribution is 5.49. The van der Waals surface area contributed by atoms with Gasteiger partial charge in [-0.1, -0.05) is 13.0 Å². The molecule has 1 aliphatic carbocycles. The SMILES string of the molecule is CCNC1(C#N)CCC(Oc2cccc(N(C)C)c2)C1. The first kappa shape index (κ1) is 14.7. The molecule has 0 spiro atoms. The zero-order valence-corrected chi connectivity index (χ0v) is 12.5. The predicted octanol–water partition coefficient (Wildman–Crippen LogP) is 2.56. The quantitative estimate of drug-likeness (QED) is 0.895. The number of nitrogens with one attached hydrogen (secondary N) is 1. The molecule has 0 radical (unpaired) electrons. The van der Waals surface area contributed by atoms with Gasteiger partial charge >= 0.3 is 0 Å². The number of hydrogen-bond donors (Lipinski definition) is 1. The van der Waals surface area contributed by atoms with Crippen molar-refractivity contribution in [3.63, 3.8) is 0 Å². The molecule has 2 rings (SSSR count). The van der Waals surface area contributed by atoms with Gasteiger partial charge < -0.3 is 9.64 Å². The van der Waals surface area contributed by atoms with Gasteiger partial charge in [0.1, 0.15) is 17.4 Å². The van der Waals surface area contributed by atoms with E-state index in [0.29, 0.717) is 0 Å². The Morgan fingerprint density at radius 2 is 2.30 bits per heavy atom. The zero-order chi connectivity index (χ0) is 14.6. The number of nitriles is 1. The van der Waals surface area contributed by atoms with Crippen molar-refractivity contribution in [1.29, 1.82) is 5.26 Å². The fourth-order valence-corrected chi connectivity index (χ4v) is 2.77. The normalized spacial score (nSPS) is 25.2. The van der Waals surface area contributed by atoms with E-state index in [9.17, 15) is 5.26 Å². The van der Waals surface area contributed by atoms with Gasteiger partial charge in [0, 0.05) is 32.3 Å². The zero-order valence-electron chi connectivity index (χ0n) is 12.5. The highest BCUT2D eigenvalue weighted by atomic mass is 16.5. The van der Waals surface area contributed by atoms with Crippen LogP contribution in [0.4, 0.5) is 5.69 Å². The standard InChI is InChI=1S/C16H23N3O/c1-4-18-16(12-17)9-8-15(11-16)20-14-7-5-6-13(10-14)19(2)3/h5-7,10,15,18H,4,8-9,11H2,1-3H3. The fourth-order valence-electron chi connectivity index (χ4n) is 2.77. The third kappa shape index (κ3) is 3.23. The summed E-state index contributed by atoms with van der Waals surface area (Å²) in [5, 5.41) is 12.7. The highest BCUT2D eigenvalue weighted by Crippen LogP contribution is 2.33. The molecule has 2 unspecified atom stereocenters. The molecule has 2 atom stereocenters. The average molecular weight is 273 g/mol. The van der Waals surface area contributed by atoms with Crippen LogP contribution in [0.2, 0.25) is 0 Å². The Bertz CT molecular complexity index is 495. The summed E-state index contributed by atoms with van der Waals surface area (Å²) in [7, 11) is 4.03. The number of ether oxygens (including phenoxy) is 1. The lowest BCUT2D eigenvalue weighted by atomic mass is 10.00. The second kappa shape index (κ2) is 6.15. The van der Waals surface area contributed by atoms with Crippen LogP contribution in [0.25, 0.3) is 0 Å². The van der Waals surface area contributed by atoms with Crippen LogP contribution in [0, 0.1) is 11.3 Å². The number of benzene rings is 1. The van der Waals surface area contributed by atoms with Gasteiger partial charge in [0.15, 0.2) is 0 Å². The summed E-state index contributed by atoms with van der Waals surface area (Å²) in [5.41, 5.74) is 0.720. The summed E-state index contributed by atoms with van der Waals surface area (Å²) in [4.78, 5) is 2.06. The smallest absolute Gasteiger partial charge is 0.121 e. The van der Waals surface area contributed by atoms with Gasteiger partial charge in [-0.25, -0.2) is 0 Å². The maximum atomic E-state index is 9.37. The Hall–Kier alpha value is -1.73. The van der Waals surface area contributed by atoms with Crippen molar-refractivity contribution in [3.05, 3.63) is 24.3 Å². The van der Waals surface area contributed by atoms with E-state index in [2.05, 4.69) is 22.4 Å². The molecule has 1 aliphatic rings. The Balaban J connectivity index is 2.02. The highest BCUT2D eigenvalue weighted by Gasteiger charge is 2.39. The summed E-state index contributed by atoms with van der Waals surface area (Å²) in [6, 6.07) is 10.5. The largest absolute Gasteiger partial charge is 0.490 e. The molecule has 1 fully saturated rings. The Labute approximate surface area is 121 Å². The van der Waals surface area contributed by atoms with Crippen molar-refractivity contribution in [2.24, 2.45) is 0 Å². The molecule has 0 heterocycles. The van der Waals surface area contributed by atoms with E-state index in [1.807, 2.05) is 39.2 Å². The number of hydrogen-bond acceptors (Lipinski definition) is 4. The molecule has 0 bridgehead atoms. The Morgan fingerprint density at radius 3 is 2.95 bits per heavy atom. The molecular formula is C16H23N3O. The second-order valence-electron chi connectivity index (χ2n) is 5.60. The molecule has 4 nitrogen and oxygen atoms in total. The first-order valence-corrected chi connectivity index (χ1v) is 7.19. The topological polar surface area (TPSA) is 48.3 Å². The molecule has 0 aliphatic heterocycles. The maximum Gasteiger partial charge on any atom is 0.121 e. The van der Waals surface area contributed by atoms with Crippen LogP contribution in [-0.2, 0) is 0 Å². The van der Waals surface area contributed by atoms with Crippen molar-refractivity contribution >= 4 is 5.69 Å². The van der Waals surface area contributed by atoms with Crippen LogP contribution in [0.15, 0.2) is 24.3 Å². The molecular weight excluding hydrogens is 250 g/mol. The van der Waals surface area contributed by atoms with Crippen molar-refractivity contribution in [2.75, 3.05) is 25.5 Å². The number of rotatable bonds is 5. The Morgan fingerprint density at radius 1 is 1.50 bits per heavy atom.